The molecule has 0 radical (unpaired) electrons. The Labute approximate surface area is 279 Å². The van der Waals surface area contributed by atoms with Crippen molar-refractivity contribution in [2.75, 3.05) is 46.8 Å². The van der Waals surface area contributed by atoms with Crippen molar-refractivity contribution in [3.63, 3.8) is 0 Å². The zero-order chi connectivity index (χ0) is 34.6. The van der Waals surface area contributed by atoms with Gasteiger partial charge in [-0.25, -0.2) is 0 Å². The van der Waals surface area contributed by atoms with Crippen LogP contribution in [0.5, 0.6) is 40.2 Å². The van der Waals surface area contributed by atoms with Crippen LogP contribution in [0.25, 0.3) is 0 Å². The van der Waals surface area contributed by atoms with Crippen LogP contribution in [0.1, 0.15) is 71.2 Å². The molecule has 1 unspecified atom stereocenters. The van der Waals surface area contributed by atoms with E-state index in [1.807, 2.05) is 37.1 Å². The van der Waals surface area contributed by atoms with E-state index in [1.165, 1.54) is 0 Å². The summed E-state index contributed by atoms with van der Waals surface area (Å²) < 4.78 is 33.2. The van der Waals surface area contributed by atoms with Gasteiger partial charge in [-0.05, 0) is 62.4 Å². The van der Waals surface area contributed by atoms with Gasteiger partial charge in [0.05, 0.1) is 57.5 Å². The number of amides is 1. The molecule has 1 heterocycles. The lowest BCUT2D eigenvalue weighted by molar-refractivity contribution is 0.0738. The summed E-state index contributed by atoms with van der Waals surface area (Å²) in [4.78, 5) is 19.0. The van der Waals surface area contributed by atoms with Crippen molar-refractivity contribution in [3.05, 3.63) is 54.1 Å². The van der Waals surface area contributed by atoms with E-state index in [1.54, 1.807) is 57.7 Å². The minimum Gasteiger partial charge on any atom is -0.493 e. The zero-order valence-electron chi connectivity index (χ0n) is 29.3. The molecule has 0 aromatic heterocycles. The first-order valence-corrected chi connectivity index (χ1v) is 16.2. The Bertz CT molecular complexity index is 1510. The smallest absolute Gasteiger partial charge is 0.256 e. The Morgan fingerprint density at radius 2 is 1.47 bits per heavy atom. The Hall–Kier alpha value is -4.60. The van der Waals surface area contributed by atoms with Crippen LogP contribution < -0.4 is 34.2 Å². The summed E-state index contributed by atoms with van der Waals surface area (Å²) in [7, 11) is 4.75. The minimum absolute atomic E-state index is 0.0156. The summed E-state index contributed by atoms with van der Waals surface area (Å²) in [6.07, 6.45) is 4.93. The van der Waals surface area contributed by atoms with E-state index in [2.05, 4.69) is 32.7 Å². The number of nitrogen functional groups attached to an aromatic ring is 1. The first kappa shape index (κ1) is 36.9. The van der Waals surface area contributed by atoms with Crippen molar-refractivity contribution in [2.24, 2.45) is 10.4 Å². The maximum Gasteiger partial charge on any atom is 0.256 e. The van der Waals surface area contributed by atoms with Crippen LogP contribution >= 0.6 is 0 Å². The predicted molar refractivity (Wildman–Crippen MR) is 188 cm³/mol. The number of hydrogen-bond donors (Lipinski definition) is 1. The maximum absolute atomic E-state index is 12.7. The zero-order valence-corrected chi connectivity index (χ0v) is 29.3. The minimum atomic E-state index is -0.0156. The van der Waals surface area contributed by atoms with E-state index in [0.717, 1.165) is 25.0 Å². The molecule has 1 amide bonds. The van der Waals surface area contributed by atoms with Gasteiger partial charge in [-0.2, -0.15) is 0 Å². The van der Waals surface area contributed by atoms with Crippen molar-refractivity contribution < 1.29 is 33.2 Å². The van der Waals surface area contributed by atoms with Crippen LogP contribution in [0, 0.1) is 5.41 Å². The fourth-order valence-corrected chi connectivity index (χ4v) is 5.26. The molecule has 1 aliphatic heterocycles. The quantitative estimate of drug-likeness (QED) is 0.173. The van der Waals surface area contributed by atoms with Gasteiger partial charge in [0.1, 0.15) is 11.5 Å². The summed E-state index contributed by atoms with van der Waals surface area (Å²) in [6.45, 7) is 14.4. The molecule has 2 N–H and O–H groups in total. The number of nitrogens with zero attached hydrogens (tertiary/aromatic N) is 2. The Morgan fingerprint density at radius 1 is 0.809 bits per heavy atom. The number of benzene rings is 3. The van der Waals surface area contributed by atoms with Gasteiger partial charge < -0.3 is 39.1 Å². The molecular formula is C37H51N3O7. The lowest BCUT2D eigenvalue weighted by Crippen LogP contribution is -2.39. The number of rotatable bonds is 14. The number of methoxy groups -OCH3 is 3. The molecule has 3 aromatic carbocycles. The predicted octanol–water partition coefficient (Wildman–Crippen LogP) is 8.33. The van der Waals surface area contributed by atoms with Gasteiger partial charge in [0.25, 0.3) is 5.91 Å². The normalized spacial score (nSPS) is 13.9. The molecule has 1 atom stereocenters. The largest absolute Gasteiger partial charge is 0.493 e. The molecule has 47 heavy (non-hydrogen) atoms. The summed E-state index contributed by atoms with van der Waals surface area (Å²) in [5, 5.41) is 0. The Morgan fingerprint density at radius 3 is 2.06 bits per heavy atom. The van der Waals surface area contributed by atoms with E-state index in [9.17, 15) is 4.79 Å². The average Bonchev–Trinajstić information content (AvgIpc) is 3.19. The first-order valence-electron chi connectivity index (χ1n) is 16.2. The van der Waals surface area contributed by atoms with Crippen molar-refractivity contribution in [2.45, 2.75) is 66.8 Å². The highest BCUT2D eigenvalue weighted by atomic mass is 16.5. The molecule has 0 saturated heterocycles. The molecule has 0 aliphatic carbocycles. The van der Waals surface area contributed by atoms with Crippen molar-refractivity contribution in [1.29, 1.82) is 0 Å². The molecule has 3 aromatic rings. The van der Waals surface area contributed by atoms with Gasteiger partial charge in [-0.3, -0.25) is 9.79 Å². The van der Waals surface area contributed by atoms with E-state index >= 15 is 0 Å². The van der Waals surface area contributed by atoms with Gasteiger partial charge in [0.2, 0.25) is 0 Å². The SMILES string of the molecule is CCCC(C)(C)COc1ccc(Oc2ccc(OC)c(OC)c2)c(N)c1.CCOc1cc2c(cc1OC)C(=O)N(CC)C(CC)C=N2. The molecule has 0 bridgehead atoms. The van der Waals surface area contributed by atoms with Crippen LogP contribution in [0.15, 0.2) is 53.5 Å². The molecule has 1 aliphatic rings. The fraction of sp³-hybridized carbons (Fsp3) is 0.459. The molecule has 10 heteroatoms. The Kier molecular flexibility index (Phi) is 13.6. The fourth-order valence-electron chi connectivity index (χ4n) is 5.26. The summed E-state index contributed by atoms with van der Waals surface area (Å²) in [5.74, 6) is 4.33. The number of ether oxygens (including phenoxy) is 6. The number of carbonyl (C=O) groups is 1. The molecule has 10 nitrogen and oxygen atoms in total. The van der Waals surface area contributed by atoms with Crippen LogP contribution in [0.4, 0.5) is 11.4 Å². The molecule has 0 spiro atoms. The summed E-state index contributed by atoms with van der Waals surface area (Å²) >= 11 is 0. The number of hydrogen-bond acceptors (Lipinski definition) is 9. The second kappa shape index (κ2) is 17.4. The molecule has 4 rings (SSSR count). The highest BCUT2D eigenvalue weighted by Gasteiger charge is 2.27. The third-order valence-corrected chi connectivity index (χ3v) is 7.74. The number of nitrogens with two attached hydrogens (primary N) is 1. The number of anilines is 1. The maximum atomic E-state index is 12.7. The van der Waals surface area contributed by atoms with E-state index < -0.39 is 0 Å². The monoisotopic (exact) mass is 649 g/mol. The van der Waals surface area contributed by atoms with Gasteiger partial charge >= 0.3 is 0 Å². The van der Waals surface area contributed by atoms with Crippen molar-refractivity contribution in [1.82, 2.24) is 4.90 Å². The van der Waals surface area contributed by atoms with Crippen LogP contribution in [0.2, 0.25) is 0 Å². The summed E-state index contributed by atoms with van der Waals surface area (Å²) in [5.41, 5.74) is 7.99. The number of aliphatic imine (C=N–C) groups is 1. The van der Waals surface area contributed by atoms with Crippen molar-refractivity contribution >= 4 is 23.5 Å². The lowest BCUT2D eigenvalue weighted by atomic mass is 9.89. The Balaban J connectivity index is 0.000000261. The molecular weight excluding hydrogens is 598 g/mol. The lowest BCUT2D eigenvalue weighted by Gasteiger charge is -2.26. The van der Waals surface area contributed by atoms with Gasteiger partial charge in [0.15, 0.2) is 28.7 Å². The van der Waals surface area contributed by atoms with E-state index in [-0.39, 0.29) is 17.4 Å². The highest BCUT2D eigenvalue weighted by Crippen LogP contribution is 2.38. The van der Waals surface area contributed by atoms with Crippen LogP contribution in [-0.2, 0) is 0 Å². The topological polar surface area (TPSA) is 114 Å². The van der Waals surface area contributed by atoms with Crippen LogP contribution in [0.3, 0.4) is 0 Å². The highest BCUT2D eigenvalue weighted by molar-refractivity contribution is 6.03. The molecule has 0 fully saturated rings. The van der Waals surface area contributed by atoms with Gasteiger partial charge in [-0.15, -0.1) is 0 Å². The second-order valence-corrected chi connectivity index (χ2v) is 11.8. The average molecular weight is 650 g/mol. The first-order chi connectivity index (χ1) is 22.5. The molecule has 0 saturated carbocycles. The van der Waals surface area contributed by atoms with Gasteiger partial charge in [0, 0.05) is 31.0 Å². The van der Waals surface area contributed by atoms with Crippen LogP contribution in [-0.4, -0.2) is 64.2 Å². The number of fused-ring (bicyclic) bond motifs is 1. The van der Waals surface area contributed by atoms with Gasteiger partial charge in [-0.1, -0.05) is 34.1 Å². The standard InChI is InChI=1S/C21H29NO4.C16H22N2O3/c1-6-11-21(2,3)14-25-15-7-9-18(17(22)12-15)26-16-8-10-19(23-4)20(13-16)24-5;1-5-11-10-17-13-9-15(21-7-3)14(20-4)8-12(13)16(19)18(11)6-2/h7-10,12-13H,6,11,14,22H2,1-5H3;8-11H,5-7H2,1-4H3. The second-order valence-electron chi connectivity index (χ2n) is 11.8. The third-order valence-electron chi connectivity index (χ3n) is 7.74. The summed E-state index contributed by atoms with van der Waals surface area (Å²) in [6, 6.07) is 14.3. The third kappa shape index (κ3) is 9.70. The van der Waals surface area contributed by atoms with E-state index in [0.29, 0.717) is 71.2 Å². The molecule has 256 valence electrons. The van der Waals surface area contributed by atoms with Crippen molar-refractivity contribution in [3.8, 4) is 40.2 Å². The number of carbonyl (C=O) groups excluding carboxylic acids is 1. The van der Waals surface area contributed by atoms with E-state index in [4.69, 9.17) is 34.2 Å².